The second-order valence-electron chi connectivity index (χ2n) is 13.2. The maximum atomic E-state index is 13.8. The number of ketones is 1. The molecule has 204 valence electrons. The standard InChI is InChI=1S/C29H40O8/c1-14-15(2)29(37-23(14)33)22(32)16(3)26(34)11-9-18-17-12-21(31)27(36-6)10-7-8-20(30)24(27,4)19(17)13-28(29,35)25(18,26)5/h7-8,16-19,21-22,31-32,34-35H,9-13H2,1-6H3/t16-,17+,18+,19+,21-,22-,24+,25+,26-,27+,28-,29+/m1/s1. The second kappa shape index (κ2) is 7.13. The Morgan fingerprint density at radius 3 is 2.38 bits per heavy atom. The third kappa shape index (κ3) is 2.26. The van der Waals surface area contributed by atoms with Crippen LogP contribution in [0.5, 0.6) is 0 Å². The van der Waals surface area contributed by atoms with E-state index in [2.05, 4.69) is 0 Å². The van der Waals surface area contributed by atoms with Gasteiger partial charge in [0.2, 0.25) is 0 Å². The summed E-state index contributed by atoms with van der Waals surface area (Å²) in [5, 5.41) is 48.8. The summed E-state index contributed by atoms with van der Waals surface area (Å²) >= 11 is 0. The average Bonchev–Trinajstić information content (AvgIpc) is 3.28. The molecular weight excluding hydrogens is 476 g/mol. The lowest BCUT2D eigenvalue weighted by Gasteiger charge is -2.73. The summed E-state index contributed by atoms with van der Waals surface area (Å²) in [7, 11) is 1.52. The maximum Gasteiger partial charge on any atom is 0.334 e. The summed E-state index contributed by atoms with van der Waals surface area (Å²) in [5.41, 5.74) is -7.73. The lowest BCUT2D eigenvalue weighted by molar-refractivity contribution is -0.367. The molecule has 6 rings (SSSR count). The molecule has 1 spiro atoms. The van der Waals surface area contributed by atoms with Gasteiger partial charge < -0.3 is 29.9 Å². The van der Waals surface area contributed by atoms with Crippen LogP contribution in [0.15, 0.2) is 23.3 Å². The van der Waals surface area contributed by atoms with Crippen LogP contribution in [-0.2, 0) is 19.1 Å². The minimum absolute atomic E-state index is 0.0164. The highest BCUT2D eigenvalue weighted by Crippen LogP contribution is 2.77. The molecule has 6 aliphatic rings. The molecule has 0 amide bonds. The van der Waals surface area contributed by atoms with E-state index in [4.69, 9.17) is 9.47 Å². The van der Waals surface area contributed by atoms with Crippen molar-refractivity contribution < 1.29 is 39.5 Å². The average molecular weight is 517 g/mol. The van der Waals surface area contributed by atoms with Gasteiger partial charge in [-0.05, 0) is 82.3 Å². The number of ether oxygens (including phenoxy) is 2. The molecule has 0 bridgehead atoms. The van der Waals surface area contributed by atoms with Crippen molar-refractivity contribution in [3.63, 3.8) is 0 Å². The Morgan fingerprint density at radius 1 is 1.11 bits per heavy atom. The van der Waals surface area contributed by atoms with Gasteiger partial charge in [-0.2, -0.15) is 0 Å². The molecule has 4 fully saturated rings. The maximum absolute atomic E-state index is 13.8. The molecule has 1 heterocycles. The van der Waals surface area contributed by atoms with Crippen LogP contribution in [0.3, 0.4) is 0 Å². The quantitative estimate of drug-likeness (QED) is 0.388. The Hall–Kier alpha value is -1.58. The van der Waals surface area contributed by atoms with Crippen molar-refractivity contribution in [1.29, 1.82) is 0 Å². The minimum Gasteiger partial charge on any atom is -0.445 e. The first kappa shape index (κ1) is 25.7. The molecule has 0 unspecified atom stereocenters. The molecule has 0 aromatic rings. The lowest BCUT2D eigenvalue weighted by Crippen LogP contribution is -2.85. The Balaban J connectivity index is 1.64. The van der Waals surface area contributed by atoms with E-state index in [9.17, 15) is 30.0 Å². The van der Waals surface area contributed by atoms with Gasteiger partial charge in [0.15, 0.2) is 11.4 Å². The molecule has 8 nitrogen and oxygen atoms in total. The summed E-state index contributed by atoms with van der Waals surface area (Å²) < 4.78 is 12.1. The molecule has 0 aromatic heterocycles. The number of aliphatic hydroxyl groups is 4. The first-order valence-corrected chi connectivity index (χ1v) is 13.6. The zero-order chi connectivity index (χ0) is 27.1. The number of rotatable bonds is 1. The van der Waals surface area contributed by atoms with Gasteiger partial charge in [0.25, 0.3) is 0 Å². The van der Waals surface area contributed by atoms with Crippen LogP contribution in [0, 0.1) is 34.5 Å². The number of hydrogen-bond acceptors (Lipinski definition) is 8. The largest absolute Gasteiger partial charge is 0.445 e. The second-order valence-corrected chi connectivity index (χ2v) is 13.2. The Bertz CT molecular complexity index is 1160. The third-order valence-electron chi connectivity index (χ3n) is 13.0. The SMILES string of the molecule is CO[C@]12CC=CC(=O)[C@]1(C)[C@H]1C[C@@]3(O)[C@@]4(C)[C@@H](CC[C@@]4(O)[C@H](C)[C@@H](O)[C@]34OC(=O)C(C)=C4C)[C@@H]1C[C@H]2O. The van der Waals surface area contributed by atoms with Crippen molar-refractivity contribution in [1.82, 2.24) is 0 Å². The van der Waals surface area contributed by atoms with E-state index in [1.54, 1.807) is 32.9 Å². The van der Waals surface area contributed by atoms with Crippen LogP contribution in [0.25, 0.3) is 0 Å². The topological polar surface area (TPSA) is 134 Å². The van der Waals surface area contributed by atoms with E-state index in [1.807, 2.05) is 13.8 Å². The van der Waals surface area contributed by atoms with E-state index in [-0.39, 0.29) is 24.0 Å². The Morgan fingerprint density at radius 2 is 1.78 bits per heavy atom. The molecule has 0 saturated heterocycles. The van der Waals surface area contributed by atoms with Gasteiger partial charge >= 0.3 is 5.97 Å². The molecule has 37 heavy (non-hydrogen) atoms. The summed E-state index contributed by atoms with van der Waals surface area (Å²) in [5.74, 6) is -2.34. The van der Waals surface area contributed by atoms with Crippen LogP contribution in [-0.4, -0.2) is 73.9 Å². The van der Waals surface area contributed by atoms with Crippen LogP contribution < -0.4 is 0 Å². The monoisotopic (exact) mass is 516 g/mol. The molecule has 5 aliphatic carbocycles. The normalized spacial score (nSPS) is 58.3. The molecular formula is C29H40O8. The molecule has 0 aromatic carbocycles. The van der Waals surface area contributed by atoms with E-state index in [1.165, 1.54) is 7.11 Å². The van der Waals surface area contributed by atoms with Gasteiger partial charge in [-0.25, -0.2) is 4.79 Å². The fourth-order valence-electron chi connectivity index (χ4n) is 10.8. The minimum atomic E-state index is -1.87. The van der Waals surface area contributed by atoms with Crippen molar-refractivity contribution in [2.75, 3.05) is 7.11 Å². The molecule has 0 radical (unpaired) electrons. The molecule has 12 atom stereocenters. The summed E-state index contributed by atoms with van der Waals surface area (Å²) in [4.78, 5) is 26.7. The number of carbonyl (C=O) groups excluding carboxylic acids is 2. The van der Waals surface area contributed by atoms with Gasteiger partial charge in [-0.15, -0.1) is 0 Å². The summed E-state index contributed by atoms with van der Waals surface area (Å²) in [6.07, 6.45) is 2.72. The number of carbonyl (C=O) groups is 2. The highest BCUT2D eigenvalue weighted by Gasteiger charge is 2.86. The number of fused-ring (bicyclic) bond motifs is 5. The fraction of sp³-hybridized carbons (Fsp3) is 0.793. The molecule has 8 heteroatoms. The van der Waals surface area contributed by atoms with Crippen molar-refractivity contribution in [2.24, 2.45) is 34.5 Å². The molecule has 4 N–H and O–H groups in total. The van der Waals surface area contributed by atoms with E-state index in [0.29, 0.717) is 36.8 Å². The van der Waals surface area contributed by atoms with Gasteiger partial charge in [0.1, 0.15) is 17.3 Å². The fourth-order valence-corrected chi connectivity index (χ4v) is 10.8. The first-order chi connectivity index (χ1) is 17.2. The Labute approximate surface area is 217 Å². The Kier molecular flexibility index (Phi) is 4.95. The number of aliphatic hydroxyl groups excluding tert-OH is 2. The van der Waals surface area contributed by atoms with Crippen molar-refractivity contribution >= 4 is 11.8 Å². The zero-order valence-electron chi connectivity index (χ0n) is 22.6. The third-order valence-corrected chi connectivity index (χ3v) is 13.0. The van der Waals surface area contributed by atoms with Crippen LogP contribution in [0.2, 0.25) is 0 Å². The van der Waals surface area contributed by atoms with Crippen LogP contribution in [0.1, 0.15) is 66.7 Å². The smallest absolute Gasteiger partial charge is 0.334 e. The van der Waals surface area contributed by atoms with Gasteiger partial charge in [-0.3, -0.25) is 4.79 Å². The van der Waals surface area contributed by atoms with Crippen molar-refractivity contribution in [3.05, 3.63) is 23.3 Å². The predicted octanol–water partition coefficient (Wildman–Crippen LogP) is 1.83. The van der Waals surface area contributed by atoms with Gasteiger partial charge in [0, 0.05) is 24.0 Å². The molecule has 4 saturated carbocycles. The summed E-state index contributed by atoms with van der Waals surface area (Å²) in [6, 6.07) is 0. The zero-order valence-corrected chi connectivity index (χ0v) is 22.6. The van der Waals surface area contributed by atoms with Crippen molar-refractivity contribution in [3.8, 4) is 0 Å². The van der Waals surface area contributed by atoms with E-state index < -0.39 is 63.2 Å². The number of esters is 1. The van der Waals surface area contributed by atoms with Gasteiger partial charge in [0.05, 0.1) is 17.1 Å². The summed E-state index contributed by atoms with van der Waals surface area (Å²) in [6.45, 7) is 8.83. The van der Waals surface area contributed by atoms with Crippen LogP contribution in [0.4, 0.5) is 0 Å². The number of hydrogen-bond donors (Lipinski definition) is 4. The van der Waals surface area contributed by atoms with Crippen molar-refractivity contribution in [2.45, 2.75) is 101 Å². The van der Waals surface area contributed by atoms with Gasteiger partial charge in [-0.1, -0.05) is 19.9 Å². The predicted molar refractivity (Wildman–Crippen MR) is 132 cm³/mol. The first-order valence-electron chi connectivity index (χ1n) is 13.6. The molecule has 1 aliphatic heterocycles. The highest BCUT2D eigenvalue weighted by atomic mass is 16.6. The van der Waals surface area contributed by atoms with E-state index in [0.717, 1.165) is 0 Å². The van der Waals surface area contributed by atoms with E-state index >= 15 is 0 Å². The number of methoxy groups -OCH3 is 1. The number of allylic oxidation sites excluding steroid dienone is 1. The highest BCUT2D eigenvalue weighted by molar-refractivity contribution is 5.97. The lowest BCUT2D eigenvalue weighted by atomic mass is 9.34. The van der Waals surface area contributed by atoms with Crippen LogP contribution >= 0.6 is 0 Å².